The lowest BCUT2D eigenvalue weighted by Gasteiger charge is -2.34. The molecule has 1 amide bonds. The predicted octanol–water partition coefficient (Wildman–Crippen LogP) is 1.37. The fourth-order valence-electron chi connectivity index (χ4n) is 3.11. The summed E-state index contributed by atoms with van der Waals surface area (Å²) in [6.45, 7) is 8.05. The Hall–Kier alpha value is -0.610. The molecule has 110 valence electrons. The zero-order valence-electron chi connectivity index (χ0n) is 12.5. The topological polar surface area (TPSA) is 44.4 Å². The molecule has 19 heavy (non-hydrogen) atoms. The maximum Gasteiger partial charge on any atom is 0.241 e. The standard InChI is InChI=1S/C15H29N3O/c1-12(2)7-10-18(13-5-3-4-6-13)15(19)14-11-16-8-9-17-14/h12-14,16-17H,3-11H2,1-2H3. The van der Waals surface area contributed by atoms with Crippen molar-refractivity contribution in [1.82, 2.24) is 15.5 Å². The fourth-order valence-corrected chi connectivity index (χ4v) is 3.11. The lowest BCUT2D eigenvalue weighted by atomic mass is 10.1. The average molecular weight is 267 g/mol. The lowest BCUT2D eigenvalue weighted by molar-refractivity contribution is -0.136. The fraction of sp³-hybridized carbons (Fsp3) is 0.933. The Balaban J connectivity index is 1.95. The van der Waals surface area contributed by atoms with Crippen LogP contribution in [0.2, 0.25) is 0 Å². The molecule has 4 heteroatoms. The van der Waals surface area contributed by atoms with Gasteiger partial charge in [-0.2, -0.15) is 0 Å². The first kappa shape index (κ1) is 14.8. The van der Waals surface area contributed by atoms with Crippen LogP contribution in [0.3, 0.4) is 0 Å². The summed E-state index contributed by atoms with van der Waals surface area (Å²) in [4.78, 5) is 14.9. The molecule has 4 nitrogen and oxygen atoms in total. The second kappa shape index (κ2) is 7.25. The molecule has 2 fully saturated rings. The van der Waals surface area contributed by atoms with Crippen molar-refractivity contribution in [2.45, 2.75) is 58.0 Å². The number of hydrogen-bond donors (Lipinski definition) is 2. The summed E-state index contributed by atoms with van der Waals surface area (Å²) in [6.07, 6.45) is 6.08. The van der Waals surface area contributed by atoms with E-state index in [-0.39, 0.29) is 6.04 Å². The molecule has 1 atom stereocenters. The third kappa shape index (κ3) is 4.18. The highest BCUT2D eigenvalue weighted by Gasteiger charge is 2.31. The van der Waals surface area contributed by atoms with Crippen LogP contribution in [0.1, 0.15) is 46.0 Å². The Morgan fingerprint density at radius 3 is 2.58 bits per heavy atom. The Morgan fingerprint density at radius 2 is 2.00 bits per heavy atom. The molecule has 1 aliphatic heterocycles. The number of amides is 1. The zero-order chi connectivity index (χ0) is 13.7. The van der Waals surface area contributed by atoms with Crippen LogP contribution in [0.5, 0.6) is 0 Å². The first-order valence-corrected chi connectivity index (χ1v) is 7.93. The van der Waals surface area contributed by atoms with Gasteiger partial charge in [-0.25, -0.2) is 0 Å². The summed E-state index contributed by atoms with van der Waals surface area (Å²) in [7, 11) is 0. The molecule has 1 aliphatic carbocycles. The predicted molar refractivity (Wildman–Crippen MR) is 78.1 cm³/mol. The van der Waals surface area contributed by atoms with E-state index in [1.165, 1.54) is 25.7 Å². The Bertz CT molecular complexity index is 281. The number of rotatable bonds is 5. The SMILES string of the molecule is CC(C)CCN(C(=O)C1CNCCN1)C1CCCC1. The van der Waals surface area contributed by atoms with Gasteiger partial charge in [-0.05, 0) is 25.2 Å². The van der Waals surface area contributed by atoms with E-state index in [0.29, 0.717) is 17.9 Å². The Morgan fingerprint density at radius 1 is 1.26 bits per heavy atom. The second-order valence-corrected chi connectivity index (χ2v) is 6.36. The van der Waals surface area contributed by atoms with Gasteiger partial charge in [0.15, 0.2) is 0 Å². The molecule has 0 radical (unpaired) electrons. The van der Waals surface area contributed by atoms with Crippen LogP contribution in [0.4, 0.5) is 0 Å². The third-order valence-corrected chi connectivity index (χ3v) is 4.33. The van der Waals surface area contributed by atoms with Gasteiger partial charge in [-0.15, -0.1) is 0 Å². The molecule has 0 aromatic rings. The molecule has 2 N–H and O–H groups in total. The summed E-state index contributed by atoms with van der Waals surface area (Å²) in [6, 6.07) is 0.483. The molecule has 0 spiro atoms. The van der Waals surface area contributed by atoms with E-state index in [2.05, 4.69) is 29.4 Å². The first-order valence-electron chi connectivity index (χ1n) is 7.93. The molecular weight excluding hydrogens is 238 g/mol. The molecule has 0 aromatic heterocycles. The van der Waals surface area contributed by atoms with Gasteiger partial charge < -0.3 is 15.5 Å². The molecule has 1 heterocycles. The van der Waals surface area contributed by atoms with Crippen LogP contribution in [-0.2, 0) is 4.79 Å². The monoisotopic (exact) mass is 267 g/mol. The van der Waals surface area contributed by atoms with E-state index in [1.54, 1.807) is 0 Å². The molecule has 1 saturated heterocycles. The number of hydrogen-bond acceptors (Lipinski definition) is 3. The Kier molecular flexibility index (Phi) is 5.64. The third-order valence-electron chi connectivity index (χ3n) is 4.33. The van der Waals surface area contributed by atoms with Crippen molar-refractivity contribution in [1.29, 1.82) is 0 Å². The minimum atomic E-state index is -0.0125. The summed E-state index contributed by atoms with van der Waals surface area (Å²) in [5, 5.41) is 6.67. The van der Waals surface area contributed by atoms with Crippen LogP contribution < -0.4 is 10.6 Å². The number of piperazine rings is 1. The molecule has 0 aromatic carbocycles. The normalized spacial score (nSPS) is 24.9. The van der Waals surface area contributed by atoms with Gasteiger partial charge >= 0.3 is 0 Å². The van der Waals surface area contributed by atoms with E-state index >= 15 is 0 Å². The second-order valence-electron chi connectivity index (χ2n) is 6.36. The number of nitrogens with zero attached hydrogens (tertiary/aromatic N) is 1. The van der Waals surface area contributed by atoms with Gasteiger partial charge in [0.05, 0.1) is 6.04 Å². The van der Waals surface area contributed by atoms with Crippen molar-refractivity contribution in [3.8, 4) is 0 Å². The first-order chi connectivity index (χ1) is 9.18. The number of carbonyl (C=O) groups is 1. The lowest BCUT2D eigenvalue weighted by Crippen LogP contribution is -2.58. The van der Waals surface area contributed by atoms with E-state index in [4.69, 9.17) is 0 Å². The smallest absolute Gasteiger partial charge is 0.241 e. The van der Waals surface area contributed by atoms with Crippen LogP contribution in [-0.4, -0.2) is 49.1 Å². The summed E-state index contributed by atoms with van der Waals surface area (Å²) < 4.78 is 0. The largest absolute Gasteiger partial charge is 0.338 e. The maximum atomic E-state index is 12.7. The van der Waals surface area contributed by atoms with Crippen LogP contribution >= 0.6 is 0 Å². The number of nitrogens with one attached hydrogen (secondary N) is 2. The van der Waals surface area contributed by atoms with Crippen LogP contribution in [0.25, 0.3) is 0 Å². The molecular formula is C15H29N3O. The van der Waals surface area contributed by atoms with Gasteiger partial charge in [-0.1, -0.05) is 26.7 Å². The van der Waals surface area contributed by atoms with E-state index < -0.39 is 0 Å². The maximum absolute atomic E-state index is 12.7. The summed E-state index contributed by atoms with van der Waals surface area (Å²) >= 11 is 0. The Labute approximate surface area is 117 Å². The number of carbonyl (C=O) groups excluding carboxylic acids is 1. The molecule has 2 aliphatic rings. The highest BCUT2D eigenvalue weighted by atomic mass is 16.2. The van der Waals surface area contributed by atoms with E-state index in [1.807, 2.05) is 0 Å². The highest BCUT2D eigenvalue weighted by molar-refractivity contribution is 5.82. The average Bonchev–Trinajstić information content (AvgIpc) is 2.93. The summed E-state index contributed by atoms with van der Waals surface area (Å²) in [5.41, 5.74) is 0. The van der Waals surface area contributed by atoms with Gasteiger partial charge in [0.1, 0.15) is 0 Å². The summed E-state index contributed by atoms with van der Waals surface area (Å²) in [5.74, 6) is 0.980. The van der Waals surface area contributed by atoms with E-state index in [9.17, 15) is 4.79 Å². The quantitative estimate of drug-likeness (QED) is 0.790. The molecule has 1 saturated carbocycles. The van der Waals surface area contributed by atoms with Crippen molar-refractivity contribution in [2.24, 2.45) is 5.92 Å². The van der Waals surface area contributed by atoms with Gasteiger partial charge in [0, 0.05) is 32.2 Å². The zero-order valence-corrected chi connectivity index (χ0v) is 12.5. The van der Waals surface area contributed by atoms with Crippen LogP contribution in [0, 0.1) is 5.92 Å². The van der Waals surface area contributed by atoms with Crippen molar-refractivity contribution in [2.75, 3.05) is 26.2 Å². The van der Waals surface area contributed by atoms with Gasteiger partial charge in [0.25, 0.3) is 0 Å². The van der Waals surface area contributed by atoms with Crippen molar-refractivity contribution < 1.29 is 4.79 Å². The minimum Gasteiger partial charge on any atom is -0.338 e. The van der Waals surface area contributed by atoms with Gasteiger partial charge in [0.2, 0.25) is 5.91 Å². The minimum absolute atomic E-state index is 0.0125. The molecule has 2 rings (SSSR count). The van der Waals surface area contributed by atoms with Crippen molar-refractivity contribution in [3.63, 3.8) is 0 Å². The van der Waals surface area contributed by atoms with Crippen molar-refractivity contribution >= 4 is 5.91 Å². The van der Waals surface area contributed by atoms with Gasteiger partial charge in [-0.3, -0.25) is 4.79 Å². The highest BCUT2D eigenvalue weighted by Crippen LogP contribution is 2.24. The van der Waals surface area contributed by atoms with Crippen LogP contribution in [0.15, 0.2) is 0 Å². The molecule has 0 bridgehead atoms. The van der Waals surface area contributed by atoms with Crippen molar-refractivity contribution in [3.05, 3.63) is 0 Å². The molecule has 1 unspecified atom stereocenters. The van der Waals surface area contributed by atoms with E-state index in [0.717, 1.165) is 32.6 Å².